The molecular weight excluding hydrogens is 283 g/mol. The summed E-state index contributed by atoms with van der Waals surface area (Å²) in [5.74, 6) is 0.313. The SMILES string of the molecule is C[C@H]1CN(C(=O)c2ccc(F)c(COCC3CC3)c2)CCN1. The van der Waals surface area contributed by atoms with Crippen LogP contribution in [0.25, 0.3) is 0 Å². The standard InChI is InChI=1S/C17H23FN2O2/c1-12-9-20(7-6-19-12)17(21)14-4-5-16(18)15(8-14)11-22-10-13-2-3-13/h4-5,8,12-13,19H,2-3,6-7,9-11H2,1H3/t12-/m0/s1. The highest BCUT2D eigenvalue weighted by molar-refractivity contribution is 5.94. The van der Waals surface area contributed by atoms with Crippen molar-refractivity contribution in [2.45, 2.75) is 32.4 Å². The normalized spacial score (nSPS) is 21.9. The molecule has 1 N–H and O–H groups in total. The van der Waals surface area contributed by atoms with Crippen molar-refractivity contribution in [3.05, 3.63) is 35.1 Å². The first-order chi connectivity index (χ1) is 10.6. The topological polar surface area (TPSA) is 41.6 Å². The highest BCUT2D eigenvalue weighted by Crippen LogP contribution is 2.29. The van der Waals surface area contributed by atoms with E-state index >= 15 is 0 Å². The molecule has 1 atom stereocenters. The van der Waals surface area contributed by atoms with E-state index in [-0.39, 0.29) is 18.3 Å². The van der Waals surface area contributed by atoms with E-state index in [4.69, 9.17) is 4.74 Å². The smallest absolute Gasteiger partial charge is 0.253 e. The number of carbonyl (C=O) groups excluding carboxylic acids is 1. The van der Waals surface area contributed by atoms with E-state index in [9.17, 15) is 9.18 Å². The van der Waals surface area contributed by atoms with Crippen LogP contribution >= 0.6 is 0 Å². The van der Waals surface area contributed by atoms with E-state index in [1.54, 1.807) is 12.1 Å². The molecule has 0 radical (unpaired) electrons. The molecule has 1 aromatic rings. The second-order valence-corrected chi connectivity index (χ2v) is 6.37. The Morgan fingerprint density at radius 2 is 2.27 bits per heavy atom. The molecule has 1 saturated heterocycles. The van der Waals surface area contributed by atoms with Crippen molar-refractivity contribution in [1.82, 2.24) is 10.2 Å². The van der Waals surface area contributed by atoms with Gasteiger partial charge in [0, 0.05) is 43.4 Å². The van der Waals surface area contributed by atoms with Crippen LogP contribution in [0.2, 0.25) is 0 Å². The summed E-state index contributed by atoms with van der Waals surface area (Å²) in [6.45, 7) is 5.15. The first-order valence-corrected chi connectivity index (χ1v) is 8.02. The Morgan fingerprint density at radius 1 is 1.45 bits per heavy atom. The van der Waals surface area contributed by atoms with Gasteiger partial charge >= 0.3 is 0 Å². The fourth-order valence-electron chi connectivity index (χ4n) is 2.74. The maximum atomic E-state index is 13.9. The number of rotatable bonds is 5. The molecule has 1 amide bonds. The minimum Gasteiger partial charge on any atom is -0.376 e. The first-order valence-electron chi connectivity index (χ1n) is 8.02. The minimum atomic E-state index is -0.305. The molecule has 1 heterocycles. The molecule has 3 rings (SSSR count). The molecule has 4 nitrogen and oxygen atoms in total. The molecule has 2 fully saturated rings. The van der Waals surface area contributed by atoms with Gasteiger partial charge in [0.05, 0.1) is 6.61 Å². The number of nitrogens with zero attached hydrogens (tertiary/aromatic N) is 1. The Labute approximate surface area is 130 Å². The van der Waals surface area contributed by atoms with Crippen molar-refractivity contribution in [1.29, 1.82) is 0 Å². The highest BCUT2D eigenvalue weighted by Gasteiger charge is 2.23. The van der Waals surface area contributed by atoms with E-state index in [1.807, 2.05) is 4.90 Å². The molecule has 1 aliphatic heterocycles. The maximum absolute atomic E-state index is 13.9. The van der Waals surface area contributed by atoms with Crippen molar-refractivity contribution in [2.24, 2.45) is 5.92 Å². The Kier molecular flexibility index (Phi) is 4.74. The predicted octanol–water partition coefficient (Wildman–Crippen LogP) is 2.19. The van der Waals surface area contributed by atoms with Gasteiger partial charge in [0.2, 0.25) is 0 Å². The van der Waals surface area contributed by atoms with Gasteiger partial charge in [-0.15, -0.1) is 0 Å². The van der Waals surface area contributed by atoms with Crippen LogP contribution in [0.15, 0.2) is 18.2 Å². The molecule has 0 bridgehead atoms. The Hall–Kier alpha value is -1.46. The summed E-state index contributed by atoms with van der Waals surface area (Å²) in [6.07, 6.45) is 2.42. The lowest BCUT2D eigenvalue weighted by Gasteiger charge is -2.32. The molecule has 0 spiro atoms. The minimum absolute atomic E-state index is 0.0307. The van der Waals surface area contributed by atoms with Gasteiger partial charge in [0.15, 0.2) is 0 Å². The molecule has 120 valence electrons. The van der Waals surface area contributed by atoms with E-state index in [1.165, 1.54) is 18.9 Å². The lowest BCUT2D eigenvalue weighted by molar-refractivity contribution is 0.0708. The van der Waals surface area contributed by atoms with Gasteiger partial charge in [-0.25, -0.2) is 4.39 Å². The van der Waals surface area contributed by atoms with Crippen molar-refractivity contribution in [3.8, 4) is 0 Å². The molecule has 1 saturated carbocycles. The molecule has 1 aromatic carbocycles. The first kappa shape index (κ1) is 15.4. The van der Waals surface area contributed by atoms with Crippen LogP contribution in [-0.4, -0.2) is 43.1 Å². The number of nitrogens with one attached hydrogen (secondary N) is 1. The average molecular weight is 306 g/mol. The predicted molar refractivity (Wildman–Crippen MR) is 82.1 cm³/mol. The number of amides is 1. The molecule has 0 unspecified atom stereocenters. The summed E-state index contributed by atoms with van der Waals surface area (Å²) >= 11 is 0. The highest BCUT2D eigenvalue weighted by atomic mass is 19.1. The summed E-state index contributed by atoms with van der Waals surface area (Å²) in [4.78, 5) is 14.4. The van der Waals surface area contributed by atoms with Crippen molar-refractivity contribution < 1.29 is 13.9 Å². The average Bonchev–Trinajstić information content (AvgIpc) is 3.33. The van der Waals surface area contributed by atoms with Crippen LogP contribution in [0.1, 0.15) is 35.7 Å². The van der Waals surface area contributed by atoms with E-state index in [0.717, 1.165) is 6.54 Å². The monoisotopic (exact) mass is 306 g/mol. The number of hydrogen-bond acceptors (Lipinski definition) is 3. The summed E-state index contributed by atoms with van der Waals surface area (Å²) in [5.41, 5.74) is 1.01. The van der Waals surface area contributed by atoms with Gasteiger partial charge in [0.1, 0.15) is 5.82 Å². The van der Waals surface area contributed by atoms with E-state index in [0.29, 0.717) is 42.8 Å². The molecular formula is C17H23FN2O2. The van der Waals surface area contributed by atoms with Gasteiger partial charge in [-0.2, -0.15) is 0 Å². The van der Waals surface area contributed by atoms with E-state index in [2.05, 4.69) is 12.2 Å². The Balaban J connectivity index is 1.65. The fraction of sp³-hybridized carbons (Fsp3) is 0.588. The van der Waals surface area contributed by atoms with Gasteiger partial charge < -0.3 is 15.0 Å². The largest absolute Gasteiger partial charge is 0.376 e. The van der Waals surface area contributed by atoms with Crippen molar-refractivity contribution >= 4 is 5.91 Å². The van der Waals surface area contributed by atoms with Crippen LogP contribution in [-0.2, 0) is 11.3 Å². The van der Waals surface area contributed by atoms with Crippen LogP contribution in [0.5, 0.6) is 0 Å². The zero-order valence-corrected chi connectivity index (χ0v) is 13.0. The zero-order chi connectivity index (χ0) is 15.5. The zero-order valence-electron chi connectivity index (χ0n) is 13.0. The molecule has 0 aromatic heterocycles. The van der Waals surface area contributed by atoms with Crippen LogP contribution < -0.4 is 5.32 Å². The summed E-state index contributed by atoms with van der Waals surface area (Å²) in [7, 11) is 0. The third kappa shape index (κ3) is 3.84. The Morgan fingerprint density at radius 3 is 3.00 bits per heavy atom. The quantitative estimate of drug-likeness (QED) is 0.906. The third-order valence-corrected chi connectivity index (χ3v) is 4.26. The number of hydrogen-bond donors (Lipinski definition) is 1. The summed E-state index contributed by atoms with van der Waals surface area (Å²) in [6, 6.07) is 4.86. The van der Waals surface area contributed by atoms with Crippen LogP contribution in [0.4, 0.5) is 4.39 Å². The summed E-state index contributed by atoms with van der Waals surface area (Å²) < 4.78 is 19.4. The van der Waals surface area contributed by atoms with Gasteiger partial charge in [-0.05, 0) is 43.9 Å². The number of piperazine rings is 1. The molecule has 2 aliphatic rings. The number of halogens is 1. The summed E-state index contributed by atoms with van der Waals surface area (Å²) in [5, 5.41) is 3.31. The Bertz CT molecular complexity index is 545. The van der Waals surface area contributed by atoms with Crippen molar-refractivity contribution in [3.63, 3.8) is 0 Å². The maximum Gasteiger partial charge on any atom is 0.253 e. The molecule has 5 heteroatoms. The van der Waals surface area contributed by atoms with Crippen molar-refractivity contribution in [2.75, 3.05) is 26.2 Å². The van der Waals surface area contributed by atoms with Gasteiger partial charge in [-0.3, -0.25) is 4.79 Å². The third-order valence-electron chi connectivity index (χ3n) is 4.26. The molecule has 22 heavy (non-hydrogen) atoms. The van der Waals surface area contributed by atoms with E-state index < -0.39 is 0 Å². The second kappa shape index (κ2) is 6.75. The van der Waals surface area contributed by atoms with Gasteiger partial charge in [-0.1, -0.05) is 0 Å². The number of carbonyl (C=O) groups is 1. The second-order valence-electron chi connectivity index (χ2n) is 6.37. The lowest BCUT2D eigenvalue weighted by Crippen LogP contribution is -2.51. The number of ether oxygens (including phenoxy) is 1. The fourth-order valence-corrected chi connectivity index (χ4v) is 2.74. The van der Waals surface area contributed by atoms with Crippen LogP contribution in [0, 0.1) is 11.7 Å². The molecule has 1 aliphatic carbocycles. The number of benzene rings is 1. The lowest BCUT2D eigenvalue weighted by atomic mass is 10.1. The van der Waals surface area contributed by atoms with Gasteiger partial charge in [0.25, 0.3) is 5.91 Å². The van der Waals surface area contributed by atoms with Crippen LogP contribution in [0.3, 0.4) is 0 Å².